The number of halogens is 1. The zero-order valence-electron chi connectivity index (χ0n) is 10.2. The summed E-state index contributed by atoms with van der Waals surface area (Å²) in [5, 5.41) is 12.9. The monoisotopic (exact) mass is 275 g/mol. The molecule has 7 heteroatoms. The van der Waals surface area contributed by atoms with Gasteiger partial charge < -0.3 is 5.32 Å². The lowest BCUT2D eigenvalue weighted by Crippen LogP contribution is -2.14. The van der Waals surface area contributed by atoms with Crippen LogP contribution in [-0.2, 0) is 11.2 Å². The molecule has 0 spiro atoms. The molecule has 1 aromatic heterocycles. The van der Waals surface area contributed by atoms with E-state index in [1.807, 2.05) is 0 Å². The average Bonchev–Trinajstić information content (AvgIpc) is 2.39. The first-order valence-electron chi connectivity index (χ1n) is 5.69. The molecule has 102 valence electrons. The summed E-state index contributed by atoms with van der Waals surface area (Å²) in [4.78, 5) is 25.2. The Labute approximate surface area is 113 Å². The van der Waals surface area contributed by atoms with Crippen LogP contribution in [0.25, 0.3) is 0 Å². The topological polar surface area (TPSA) is 85.1 Å². The molecule has 0 aliphatic carbocycles. The number of nitrogens with one attached hydrogen (secondary N) is 1. The molecule has 2 aromatic rings. The Bertz CT molecular complexity index is 647. The molecule has 1 aromatic carbocycles. The molecule has 2 rings (SSSR count). The van der Waals surface area contributed by atoms with Crippen molar-refractivity contribution in [2.24, 2.45) is 0 Å². The molecule has 0 aliphatic rings. The average molecular weight is 275 g/mol. The highest BCUT2D eigenvalue weighted by Gasteiger charge is 2.14. The van der Waals surface area contributed by atoms with Crippen molar-refractivity contribution in [1.82, 2.24) is 4.98 Å². The maximum absolute atomic E-state index is 13.4. The first kappa shape index (κ1) is 13.6. The normalized spacial score (nSPS) is 10.1. The second-order valence-corrected chi connectivity index (χ2v) is 4.01. The van der Waals surface area contributed by atoms with E-state index in [1.165, 1.54) is 6.07 Å². The molecule has 1 amide bonds. The molecule has 0 radical (unpaired) electrons. The lowest BCUT2D eigenvalue weighted by Gasteiger charge is -2.05. The summed E-state index contributed by atoms with van der Waals surface area (Å²) < 4.78 is 13.4. The molecular weight excluding hydrogens is 265 g/mol. The molecule has 6 nitrogen and oxygen atoms in total. The highest BCUT2D eigenvalue weighted by molar-refractivity contribution is 5.92. The third-order valence-electron chi connectivity index (χ3n) is 2.52. The molecule has 0 fully saturated rings. The minimum Gasteiger partial charge on any atom is -0.326 e. The molecule has 1 N–H and O–H groups in total. The van der Waals surface area contributed by atoms with Crippen LogP contribution in [0.5, 0.6) is 0 Å². The number of anilines is 1. The maximum atomic E-state index is 13.4. The van der Waals surface area contributed by atoms with Gasteiger partial charge in [-0.25, -0.2) is 0 Å². The Morgan fingerprint density at radius 3 is 2.80 bits per heavy atom. The van der Waals surface area contributed by atoms with Crippen LogP contribution in [0, 0.1) is 15.9 Å². The van der Waals surface area contributed by atoms with E-state index >= 15 is 0 Å². The largest absolute Gasteiger partial charge is 0.326 e. The predicted octanol–water partition coefficient (Wildman–Crippen LogP) is 2.31. The number of pyridine rings is 1. The summed E-state index contributed by atoms with van der Waals surface area (Å²) in [7, 11) is 0. The Morgan fingerprint density at radius 2 is 2.20 bits per heavy atom. The highest BCUT2D eigenvalue weighted by Crippen LogP contribution is 2.20. The zero-order chi connectivity index (χ0) is 14.5. The number of amides is 1. The van der Waals surface area contributed by atoms with E-state index in [1.54, 1.807) is 24.5 Å². The smallest absolute Gasteiger partial charge is 0.304 e. The van der Waals surface area contributed by atoms with Gasteiger partial charge >= 0.3 is 5.69 Å². The molecule has 0 atom stereocenters. The number of hydrogen-bond acceptors (Lipinski definition) is 4. The van der Waals surface area contributed by atoms with Crippen molar-refractivity contribution >= 4 is 17.3 Å². The zero-order valence-corrected chi connectivity index (χ0v) is 10.2. The van der Waals surface area contributed by atoms with E-state index in [4.69, 9.17) is 0 Å². The molecule has 0 bridgehead atoms. The van der Waals surface area contributed by atoms with Gasteiger partial charge in [0.2, 0.25) is 11.7 Å². The van der Waals surface area contributed by atoms with Gasteiger partial charge in [-0.1, -0.05) is 6.07 Å². The number of benzene rings is 1. The molecule has 0 aliphatic heterocycles. The summed E-state index contributed by atoms with van der Waals surface area (Å²) in [5.74, 6) is -1.35. The van der Waals surface area contributed by atoms with Gasteiger partial charge in [-0.3, -0.25) is 19.9 Å². The fraction of sp³-hybridized carbons (Fsp3) is 0.0769. The SMILES string of the molecule is O=C(Cc1cccnc1)Nc1ccc([N+](=O)[O-])c(F)c1. The predicted molar refractivity (Wildman–Crippen MR) is 69.6 cm³/mol. The summed E-state index contributed by atoms with van der Waals surface area (Å²) >= 11 is 0. The van der Waals surface area contributed by atoms with Crippen LogP contribution < -0.4 is 5.32 Å². The number of aromatic nitrogens is 1. The third-order valence-corrected chi connectivity index (χ3v) is 2.52. The first-order valence-corrected chi connectivity index (χ1v) is 5.69. The van der Waals surface area contributed by atoms with Crippen LogP contribution in [0.2, 0.25) is 0 Å². The summed E-state index contributed by atoms with van der Waals surface area (Å²) in [6.45, 7) is 0. The van der Waals surface area contributed by atoms with Crippen molar-refractivity contribution in [1.29, 1.82) is 0 Å². The molecule has 0 unspecified atom stereocenters. The number of carbonyl (C=O) groups excluding carboxylic acids is 1. The minimum atomic E-state index is -0.992. The maximum Gasteiger partial charge on any atom is 0.304 e. The number of nitrogens with zero attached hydrogens (tertiary/aromatic N) is 2. The van der Waals surface area contributed by atoms with Crippen LogP contribution in [0.1, 0.15) is 5.56 Å². The van der Waals surface area contributed by atoms with Gasteiger partial charge in [0.15, 0.2) is 0 Å². The summed E-state index contributed by atoms with van der Waals surface area (Å²) in [5.41, 5.74) is 0.254. The van der Waals surface area contributed by atoms with Crippen molar-refractivity contribution in [2.45, 2.75) is 6.42 Å². The standard InChI is InChI=1S/C13H10FN3O3/c14-11-7-10(3-4-12(11)17(19)20)16-13(18)6-9-2-1-5-15-8-9/h1-5,7-8H,6H2,(H,16,18). The quantitative estimate of drug-likeness (QED) is 0.685. The first-order chi connectivity index (χ1) is 9.56. The highest BCUT2D eigenvalue weighted by atomic mass is 19.1. The number of hydrogen-bond donors (Lipinski definition) is 1. The van der Waals surface area contributed by atoms with Gasteiger partial charge in [-0.15, -0.1) is 0 Å². The van der Waals surface area contributed by atoms with E-state index in [2.05, 4.69) is 10.3 Å². The van der Waals surface area contributed by atoms with Crippen LogP contribution in [0.4, 0.5) is 15.8 Å². The van der Waals surface area contributed by atoms with Gasteiger partial charge in [-0.05, 0) is 17.7 Å². The van der Waals surface area contributed by atoms with Crippen LogP contribution in [0.3, 0.4) is 0 Å². The van der Waals surface area contributed by atoms with Crippen molar-refractivity contribution in [3.63, 3.8) is 0 Å². The fourth-order valence-corrected chi connectivity index (χ4v) is 1.63. The van der Waals surface area contributed by atoms with Gasteiger partial charge in [-0.2, -0.15) is 4.39 Å². The van der Waals surface area contributed by atoms with Gasteiger partial charge in [0.1, 0.15) is 0 Å². The Hall–Kier alpha value is -2.83. The number of nitro groups is 1. The van der Waals surface area contributed by atoms with Gasteiger partial charge in [0.05, 0.1) is 11.3 Å². The van der Waals surface area contributed by atoms with Gasteiger partial charge in [0, 0.05) is 30.2 Å². The molecular formula is C13H10FN3O3. The van der Waals surface area contributed by atoms with E-state index < -0.39 is 16.4 Å². The van der Waals surface area contributed by atoms with Crippen LogP contribution >= 0.6 is 0 Å². The molecule has 0 saturated carbocycles. The second-order valence-electron chi connectivity index (χ2n) is 4.01. The lowest BCUT2D eigenvalue weighted by atomic mass is 10.2. The summed E-state index contributed by atoms with van der Waals surface area (Å²) in [6, 6.07) is 6.65. The molecule has 0 saturated heterocycles. The van der Waals surface area contributed by atoms with Crippen LogP contribution in [0.15, 0.2) is 42.7 Å². The van der Waals surface area contributed by atoms with Crippen molar-refractivity contribution in [3.8, 4) is 0 Å². The Kier molecular flexibility index (Phi) is 3.99. The van der Waals surface area contributed by atoms with E-state index in [-0.39, 0.29) is 18.0 Å². The van der Waals surface area contributed by atoms with Crippen molar-refractivity contribution in [3.05, 3.63) is 64.2 Å². The van der Waals surface area contributed by atoms with E-state index in [0.717, 1.165) is 12.1 Å². The van der Waals surface area contributed by atoms with Crippen molar-refractivity contribution < 1.29 is 14.1 Å². The summed E-state index contributed by atoms with van der Waals surface area (Å²) in [6.07, 6.45) is 3.23. The van der Waals surface area contributed by atoms with E-state index in [0.29, 0.717) is 5.56 Å². The number of rotatable bonds is 4. The number of carbonyl (C=O) groups is 1. The van der Waals surface area contributed by atoms with Crippen LogP contribution in [-0.4, -0.2) is 15.8 Å². The Morgan fingerprint density at radius 1 is 1.40 bits per heavy atom. The lowest BCUT2D eigenvalue weighted by molar-refractivity contribution is -0.387. The van der Waals surface area contributed by atoms with Crippen molar-refractivity contribution in [2.75, 3.05) is 5.32 Å². The third kappa shape index (κ3) is 3.35. The van der Waals surface area contributed by atoms with Gasteiger partial charge in [0.25, 0.3) is 0 Å². The minimum absolute atomic E-state index is 0.0897. The Balaban J connectivity index is 2.05. The molecule has 20 heavy (non-hydrogen) atoms. The van der Waals surface area contributed by atoms with E-state index in [9.17, 15) is 19.3 Å². The molecule has 1 heterocycles. The fourth-order valence-electron chi connectivity index (χ4n) is 1.63. The second kappa shape index (κ2) is 5.87. The number of nitro benzene ring substituents is 1.